The number of nitrogens with one attached hydrogen (secondary N) is 1. The second kappa shape index (κ2) is 7.78. The van der Waals surface area contributed by atoms with Crippen LogP contribution in [0, 0.1) is 5.92 Å². The SMILES string of the molecule is CCc1ccccc1CN1CCC(CNC)C1.Cl. The van der Waals surface area contributed by atoms with E-state index in [1.807, 2.05) is 0 Å². The molecule has 1 fully saturated rings. The molecule has 1 saturated heterocycles. The van der Waals surface area contributed by atoms with Gasteiger partial charge in [-0.1, -0.05) is 31.2 Å². The Hall–Kier alpha value is -0.570. The molecule has 1 heterocycles. The zero-order valence-corrected chi connectivity index (χ0v) is 12.3. The van der Waals surface area contributed by atoms with Gasteiger partial charge in [0, 0.05) is 13.1 Å². The van der Waals surface area contributed by atoms with Gasteiger partial charge in [0.05, 0.1) is 0 Å². The molecule has 0 saturated carbocycles. The lowest BCUT2D eigenvalue weighted by atomic mass is 10.1. The highest BCUT2D eigenvalue weighted by Gasteiger charge is 2.21. The molecular formula is C15H25ClN2. The molecule has 0 aliphatic carbocycles. The molecule has 2 nitrogen and oxygen atoms in total. The topological polar surface area (TPSA) is 15.3 Å². The van der Waals surface area contributed by atoms with Gasteiger partial charge in [-0.2, -0.15) is 0 Å². The number of nitrogens with zero attached hydrogens (tertiary/aromatic N) is 1. The fourth-order valence-corrected chi connectivity index (χ4v) is 2.81. The van der Waals surface area contributed by atoms with Crippen LogP contribution >= 0.6 is 12.4 Å². The van der Waals surface area contributed by atoms with E-state index in [-0.39, 0.29) is 12.4 Å². The minimum atomic E-state index is 0. The van der Waals surface area contributed by atoms with E-state index in [1.54, 1.807) is 0 Å². The highest BCUT2D eigenvalue weighted by Crippen LogP contribution is 2.19. The van der Waals surface area contributed by atoms with E-state index in [2.05, 4.69) is 48.5 Å². The van der Waals surface area contributed by atoms with Gasteiger partial charge >= 0.3 is 0 Å². The Bertz CT molecular complexity index is 354. The Morgan fingerprint density at radius 2 is 2.00 bits per heavy atom. The average molecular weight is 269 g/mol. The molecule has 1 aliphatic rings. The smallest absolute Gasteiger partial charge is 0.0236 e. The summed E-state index contributed by atoms with van der Waals surface area (Å²) in [5.41, 5.74) is 3.02. The van der Waals surface area contributed by atoms with Crippen LogP contribution in [0.4, 0.5) is 0 Å². The molecule has 1 N–H and O–H groups in total. The van der Waals surface area contributed by atoms with Gasteiger partial charge in [-0.3, -0.25) is 4.90 Å². The van der Waals surface area contributed by atoms with Gasteiger partial charge in [0.15, 0.2) is 0 Å². The molecule has 102 valence electrons. The molecule has 0 aromatic heterocycles. The molecule has 0 spiro atoms. The van der Waals surface area contributed by atoms with Gasteiger partial charge in [-0.05, 0) is 50.0 Å². The summed E-state index contributed by atoms with van der Waals surface area (Å²) in [6.07, 6.45) is 2.49. The van der Waals surface area contributed by atoms with E-state index in [4.69, 9.17) is 0 Å². The highest BCUT2D eigenvalue weighted by molar-refractivity contribution is 5.85. The summed E-state index contributed by atoms with van der Waals surface area (Å²) >= 11 is 0. The van der Waals surface area contributed by atoms with E-state index in [1.165, 1.54) is 30.6 Å². The lowest BCUT2D eigenvalue weighted by molar-refractivity contribution is 0.314. The van der Waals surface area contributed by atoms with Gasteiger partial charge < -0.3 is 5.32 Å². The number of aryl methyl sites for hydroxylation is 1. The number of benzene rings is 1. The lowest BCUT2D eigenvalue weighted by Gasteiger charge is -2.18. The molecule has 18 heavy (non-hydrogen) atoms. The first kappa shape index (κ1) is 15.5. The van der Waals surface area contributed by atoms with Crippen LogP contribution < -0.4 is 5.32 Å². The summed E-state index contributed by atoms with van der Waals surface area (Å²) in [5, 5.41) is 3.29. The first-order valence-electron chi connectivity index (χ1n) is 6.77. The molecule has 3 heteroatoms. The second-order valence-corrected chi connectivity index (χ2v) is 5.07. The number of rotatable bonds is 5. The summed E-state index contributed by atoms with van der Waals surface area (Å²) in [7, 11) is 2.05. The van der Waals surface area contributed by atoms with E-state index < -0.39 is 0 Å². The number of hydrogen-bond acceptors (Lipinski definition) is 2. The Labute approximate surface area is 117 Å². The maximum absolute atomic E-state index is 3.29. The first-order valence-corrected chi connectivity index (χ1v) is 6.77. The molecule has 0 amide bonds. The van der Waals surface area contributed by atoms with Crippen LogP contribution in [0.25, 0.3) is 0 Å². The lowest BCUT2D eigenvalue weighted by Crippen LogP contribution is -2.24. The maximum atomic E-state index is 3.29. The summed E-state index contributed by atoms with van der Waals surface area (Å²) in [5.74, 6) is 0.841. The Kier molecular flexibility index (Phi) is 6.69. The van der Waals surface area contributed by atoms with Crippen LogP contribution in [0.1, 0.15) is 24.5 Å². The van der Waals surface area contributed by atoms with Crippen LogP contribution in [-0.4, -0.2) is 31.6 Å². The average Bonchev–Trinajstić information content (AvgIpc) is 2.78. The van der Waals surface area contributed by atoms with Crippen molar-refractivity contribution in [3.8, 4) is 0 Å². The van der Waals surface area contributed by atoms with Crippen molar-refractivity contribution in [3.63, 3.8) is 0 Å². The van der Waals surface area contributed by atoms with E-state index in [0.717, 1.165) is 25.4 Å². The summed E-state index contributed by atoms with van der Waals surface area (Å²) in [6.45, 7) is 7.03. The van der Waals surface area contributed by atoms with Gasteiger partial charge in [-0.25, -0.2) is 0 Å². The highest BCUT2D eigenvalue weighted by atomic mass is 35.5. The summed E-state index contributed by atoms with van der Waals surface area (Å²) < 4.78 is 0. The number of likely N-dealkylation sites (tertiary alicyclic amines) is 1. The zero-order valence-electron chi connectivity index (χ0n) is 11.5. The molecule has 1 aromatic carbocycles. The van der Waals surface area contributed by atoms with Crippen LogP contribution in [0.2, 0.25) is 0 Å². The fraction of sp³-hybridized carbons (Fsp3) is 0.600. The molecule has 1 aromatic rings. The minimum absolute atomic E-state index is 0. The quantitative estimate of drug-likeness (QED) is 0.883. The van der Waals surface area contributed by atoms with Crippen molar-refractivity contribution in [2.75, 3.05) is 26.7 Å². The Morgan fingerprint density at radius 1 is 1.28 bits per heavy atom. The molecular weight excluding hydrogens is 244 g/mol. The predicted molar refractivity (Wildman–Crippen MR) is 80.4 cm³/mol. The molecule has 1 atom stereocenters. The van der Waals surface area contributed by atoms with Gasteiger partial charge in [0.25, 0.3) is 0 Å². The monoisotopic (exact) mass is 268 g/mol. The molecule has 2 rings (SSSR count). The third-order valence-corrected chi connectivity index (χ3v) is 3.76. The van der Waals surface area contributed by atoms with Crippen molar-refractivity contribution < 1.29 is 0 Å². The van der Waals surface area contributed by atoms with Gasteiger partial charge in [0.1, 0.15) is 0 Å². The van der Waals surface area contributed by atoms with Crippen molar-refractivity contribution in [2.45, 2.75) is 26.3 Å². The predicted octanol–water partition coefficient (Wildman–Crippen LogP) is 2.71. The van der Waals surface area contributed by atoms with Crippen molar-refractivity contribution >= 4 is 12.4 Å². The van der Waals surface area contributed by atoms with Gasteiger partial charge in [0.2, 0.25) is 0 Å². The van der Waals surface area contributed by atoms with Crippen LogP contribution in [0.5, 0.6) is 0 Å². The molecule has 1 aliphatic heterocycles. The van der Waals surface area contributed by atoms with E-state index >= 15 is 0 Å². The van der Waals surface area contributed by atoms with Crippen LogP contribution in [0.3, 0.4) is 0 Å². The molecule has 1 unspecified atom stereocenters. The Balaban J connectivity index is 0.00000162. The van der Waals surface area contributed by atoms with E-state index in [9.17, 15) is 0 Å². The zero-order chi connectivity index (χ0) is 12.1. The van der Waals surface area contributed by atoms with Crippen LogP contribution in [0.15, 0.2) is 24.3 Å². The third-order valence-electron chi connectivity index (χ3n) is 3.76. The van der Waals surface area contributed by atoms with Crippen molar-refractivity contribution in [3.05, 3.63) is 35.4 Å². The summed E-state index contributed by atoms with van der Waals surface area (Å²) in [6, 6.07) is 8.85. The standard InChI is InChI=1S/C15H24N2.ClH/c1-3-14-6-4-5-7-15(14)12-17-9-8-13(11-17)10-16-2;/h4-7,13,16H,3,8-12H2,1-2H3;1H. The van der Waals surface area contributed by atoms with Crippen molar-refractivity contribution in [1.29, 1.82) is 0 Å². The molecule has 0 bridgehead atoms. The van der Waals surface area contributed by atoms with E-state index in [0.29, 0.717) is 0 Å². The Morgan fingerprint density at radius 3 is 2.67 bits per heavy atom. The second-order valence-electron chi connectivity index (χ2n) is 5.07. The van der Waals surface area contributed by atoms with Crippen LogP contribution in [-0.2, 0) is 13.0 Å². The summed E-state index contributed by atoms with van der Waals surface area (Å²) in [4.78, 5) is 2.59. The third kappa shape index (κ3) is 3.98. The maximum Gasteiger partial charge on any atom is 0.0236 e. The van der Waals surface area contributed by atoms with Crippen molar-refractivity contribution in [1.82, 2.24) is 10.2 Å². The normalized spacial score (nSPS) is 19.8. The van der Waals surface area contributed by atoms with Crippen molar-refractivity contribution in [2.24, 2.45) is 5.92 Å². The van der Waals surface area contributed by atoms with Gasteiger partial charge in [-0.15, -0.1) is 12.4 Å². The largest absolute Gasteiger partial charge is 0.319 e. The fourth-order valence-electron chi connectivity index (χ4n) is 2.81. The minimum Gasteiger partial charge on any atom is -0.319 e. The first-order chi connectivity index (χ1) is 8.33. The number of hydrogen-bond donors (Lipinski definition) is 1. The molecule has 0 radical (unpaired) electrons. The number of halogens is 1.